The number of hydrogen-bond donors (Lipinski definition) is 0. The summed E-state index contributed by atoms with van der Waals surface area (Å²) in [6.07, 6.45) is 2.46. The quantitative estimate of drug-likeness (QED) is 0.0655. The van der Waals surface area contributed by atoms with Crippen LogP contribution < -0.4 is 15.6 Å². The van der Waals surface area contributed by atoms with E-state index in [-0.39, 0.29) is 17.9 Å². The molecule has 42 heavy (non-hydrogen) atoms. The molecule has 0 fully saturated rings. The second-order valence-corrected chi connectivity index (χ2v) is 28.0. The monoisotopic (exact) mass is 630 g/mol. The third kappa shape index (κ3) is 12.4. The molecule has 0 bridgehead atoms. The molecule has 0 aromatic heterocycles. The molecule has 0 saturated heterocycles. The molecule has 0 heterocycles. The minimum Gasteiger partial charge on any atom is -0.462 e. The highest BCUT2D eigenvalue weighted by Gasteiger charge is 2.32. The molecular weight excluding hydrogens is 577 g/mol. The van der Waals surface area contributed by atoms with Gasteiger partial charge in [-0.1, -0.05) is 111 Å². The van der Waals surface area contributed by atoms with Crippen molar-refractivity contribution >= 4 is 57.7 Å². The molecule has 9 heteroatoms. The number of carbonyl (C=O) groups excluding carboxylic acids is 3. The molecular formula is C33H54O6Si3. The van der Waals surface area contributed by atoms with Gasteiger partial charge in [0, 0.05) is 16.7 Å². The summed E-state index contributed by atoms with van der Waals surface area (Å²) in [7, 11) is -5.57. The van der Waals surface area contributed by atoms with Crippen molar-refractivity contribution in [2.45, 2.75) is 97.4 Å². The van der Waals surface area contributed by atoms with Gasteiger partial charge in [0.15, 0.2) is 0 Å². The van der Waals surface area contributed by atoms with Crippen LogP contribution in [0.4, 0.5) is 0 Å². The first-order chi connectivity index (χ1) is 19.3. The molecule has 0 aliphatic heterocycles. The topological polar surface area (TPSA) is 78.9 Å². The number of esters is 3. The Bertz CT molecular complexity index is 1010. The second-order valence-electron chi connectivity index (χ2n) is 13.5. The Morgan fingerprint density at radius 1 is 0.524 bits per heavy atom. The molecule has 0 N–H and O–H groups in total. The van der Waals surface area contributed by atoms with Crippen LogP contribution in [0.5, 0.6) is 0 Å². The number of hydrogen-bond acceptors (Lipinski definition) is 6. The molecule has 1 aromatic carbocycles. The molecule has 0 unspecified atom stereocenters. The van der Waals surface area contributed by atoms with Gasteiger partial charge in [-0.2, -0.15) is 0 Å². The van der Waals surface area contributed by atoms with Crippen molar-refractivity contribution in [3.63, 3.8) is 0 Å². The van der Waals surface area contributed by atoms with Gasteiger partial charge >= 0.3 is 17.9 Å². The maximum absolute atomic E-state index is 11.8. The Labute approximate surface area is 257 Å². The van der Waals surface area contributed by atoms with Gasteiger partial charge in [-0.3, -0.25) is 0 Å². The fourth-order valence-electron chi connectivity index (χ4n) is 4.64. The van der Waals surface area contributed by atoms with Crippen molar-refractivity contribution < 1.29 is 28.6 Å². The van der Waals surface area contributed by atoms with Crippen LogP contribution in [0.25, 0.3) is 0 Å². The van der Waals surface area contributed by atoms with Crippen LogP contribution in [0, 0.1) is 0 Å². The Morgan fingerprint density at radius 3 is 0.929 bits per heavy atom. The van der Waals surface area contributed by atoms with Crippen LogP contribution in [0.3, 0.4) is 0 Å². The summed E-state index contributed by atoms with van der Waals surface area (Å²) in [5.74, 6) is -0.994. The van der Waals surface area contributed by atoms with Gasteiger partial charge in [-0.05, 0) is 40.0 Å². The van der Waals surface area contributed by atoms with Gasteiger partial charge in [-0.25, -0.2) is 14.4 Å². The van der Waals surface area contributed by atoms with Crippen LogP contribution in [-0.2, 0) is 28.6 Å². The van der Waals surface area contributed by atoms with Crippen LogP contribution >= 0.6 is 0 Å². The molecule has 0 aliphatic carbocycles. The van der Waals surface area contributed by atoms with Gasteiger partial charge in [0.25, 0.3) is 0 Å². The lowest BCUT2D eigenvalue weighted by Gasteiger charge is -2.32. The largest absolute Gasteiger partial charge is 0.462 e. The van der Waals surface area contributed by atoms with E-state index in [0.29, 0.717) is 36.5 Å². The van der Waals surface area contributed by atoms with Crippen LogP contribution in [0.2, 0.25) is 57.4 Å². The summed E-state index contributed by atoms with van der Waals surface area (Å²) in [6.45, 7) is 31.6. The second kappa shape index (κ2) is 16.4. The zero-order valence-electron chi connectivity index (χ0n) is 27.7. The van der Waals surface area contributed by atoms with Gasteiger partial charge < -0.3 is 14.2 Å². The highest BCUT2D eigenvalue weighted by molar-refractivity contribution is 6.95. The third-order valence-electron chi connectivity index (χ3n) is 7.86. The van der Waals surface area contributed by atoms with E-state index in [1.807, 2.05) is 0 Å². The van der Waals surface area contributed by atoms with Crippen LogP contribution in [-0.4, -0.2) is 62.0 Å². The highest BCUT2D eigenvalue weighted by Crippen LogP contribution is 2.19. The average molecular weight is 631 g/mol. The van der Waals surface area contributed by atoms with E-state index in [9.17, 15) is 14.4 Å². The summed E-state index contributed by atoms with van der Waals surface area (Å²) < 4.78 is 16.1. The van der Waals surface area contributed by atoms with Gasteiger partial charge in [0.05, 0.1) is 44.0 Å². The minimum absolute atomic E-state index is 0.331. The van der Waals surface area contributed by atoms with E-state index < -0.39 is 24.2 Å². The lowest BCUT2D eigenvalue weighted by molar-refractivity contribution is -0.139. The van der Waals surface area contributed by atoms with Gasteiger partial charge in [0.1, 0.15) is 0 Å². The molecule has 0 spiro atoms. The minimum atomic E-state index is -1.86. The maximum Gasteiger partial charge on any atom is 0.333 e. The van der Waals surface area contributed by atoms with E-state index >= 15 is 0 Å². The summed E-state index contributed by atoms with van der Waals surface area (Å²) in [5.41, 5.74) is 1.27. The smallest absolute Gasteiger partial charge is 0.333 e. The molecule has 1 rings (SSSR count). The highest BCUT2D eigenvalue weighted by atomic mass is 28.3. The Balaban J connectivity index is 3.23. The van der Waals surface area contributed by atoms with E-state index in [1.165, 1.54) is 15.6 Å². The van der Waals surface area contributed by atoms with Crippen molar-refractivity contribution in [1.29, 1.82) is 0 Å². The molecule has 234 valence electrons. The molecule has 0 radical (unpaired) electrons. The van der Waals surface area contributed by atoms with Crippen molar-refractivity contribution in [2.75, 3.05) is 19.8 Å². The fourth-order valence-corrected chi connectivity index (χ4v) is 12.3. The van der Waals surface area contributed by atoms with E-state index in [1.54, 1.807) is 20.8 Å². The molecule has 0 amide bonds. The summed E-state index contributed by atoms with van der Waals surface area (Å²) in [6, 6.07) is 10.4. The maximum atomic E-state index is 11.8. The first-order valence-electron chi connectivity index (χ1n) is 14.9. The van der Waals surface area contributed by atoms with Gasteiger partial charge in [-0.15, -0.1) is 0 Å². The lowest BCUT2D eigenvalue weighted by atomic mass is 10.3. The van der Waals surface area contributed by atoms with E-state index in [0.717, 1.165) is 37.4 Å². The zero-order valence-corrected chi connectivity index (χ0v) is 30.7. The Morgan fingerprint density at radius 2 is 0.738 bits per heavy atom. The molecule has 0 aliphatic rings. The molecule has 1 aromatic rings. The number of benzene rings is 1. The lowest BCUT2D eigenvalue weighted by Crippen LogP contribution is -2.54. The Kier molecular flexibility index (Phi) is 14.6. The predicted molar refractivity (Wildman–Crippen MR) is 183 cm³/mol. The number of carbonyl (C=O) groups is 3. The van der Waals surface area contributed by atoms with Crippen LogP contribution in [0.1, 0.15) is 40.0 Å². The summed E-state index contributed by atoms with van der Waals surface area (Å²) in [4.78, 5) is 35.5. The molecule has 0 saturated carbocycles. The van der Waals surface area contributed by atoms with Crippen molar-refractivity contribution in [1.82, 2.24) is 0 Å². The number of ether oxygens (including phenoxy) is 3. The third-order valence-corrected chi connectivity index (χ3v) is 18.2. The molecule has 0 atom stereocenters. The van der Waals surface area contributed by atoms with Crippen LogP contribution in [0.15, 0.2) is 54.7 Å². The summed E-state index contributed by atoms with van der Waals surface area (Å²) in [5, 5.41) is 4.30. The van der Waals surface area contributed by atoms with Crippen molar-refractivity contribution in [3.8, 4) is 0 Å². The van der Waals surface area contributed by atoms with Crippen molar-refractivity contribution in [2.24, 2.45) is 0 Å². The molecule has 6 nitrogen and oxygen atoms in total. The first kappa shape index (κ1) is 37.5. The Hall–Kier alpha value is -2.50. The van der Waals surface area contributed by atoms with Crippen molar-refractivity contribution in [3.05, 3.63) is 54.7 Å². The van der Waals surface area contributed by atoms with E-state index in [4.69, 9.17) is 14.2 Å². The standard InChI is InChI=1S/C33H54O6Si3/c1-25(2)31(34)37-16-13-19-40(7,8)28-22-29(41(9,10)20-14-17-38-32(35)26(3)4)24-30(23-28)42(11,12)21-15-18-39-33(36)27(5)6/h22-24H,1,3,5,13-21H2,2,4,6-12H3. The average Bonchev–Trinajstić information content (AvgIpc) is 2.90. The SMILES string of the molecule is C=C(C)C(=O)OCCC[Si](C)(C)c1cc([Si](C)(C)CCCOC(=O)C(=C)C)cc([Si](C)(C)CCCOC(=O)C(=C)C)c1. The van der Waals surface area contributed by atoms with Gasteiger partial charge in [0.2, 0.25) is 0 Å². The first-order valence-corrected chi connectivity index (χ1v) is 24.6. The fraction of sp³-hybridized carbons (Fsp3) is 0.545. The normalized spacial score (nSPS) is 11.9. The summed E-state index contributed by atoms with van der Waals surface area (Å²) >= 11 is 0. The van der Waals surface area contributed by atoms with E-state index in [2.05, 4.69) is 77.2 Å². The number of rotatable bonds is 18. The predicted octanol–water partition coefficient (Wildman–Crippen LogP) is 5.96. The zero-order chi connectivity index (χ0) is 32.3.